The van der Waals surface area contributed by atoms with E-state index in [1.165, 1.54) is 0 Å². The molecule has 1 atom stereocenters. The lowest BCUT2D eigenvalue weighted by Gasteiger charge is -2.46. The fourth-order valence-corrected chi connectivity index (χ4v) is 4.31. The van der Waals surface area contributed by atoms with Gasteiger partial charge in [-0.3, -0.25) is 9.59 Å². The van der Waals surface area contributed by atoms with Crippen molar-refractivity contribution in [1.82, 2.24) is 4.90 Å². The molecule has 5 heteroatoms. The Balaban J connectivity index is 1.71. The minimum absolute atomic E-state index is 0.199. The van der Waals surface area contributed by atoms with E-state index in [4.69, 9.17) is 5.11 Å². The number of carbonyl (C=O) groups is 2. The van der Waals surface area contributed by atoms with Crippen molar-refractivity contribution in [2.24, 2.45) is 5.92 Å². The van der Waals surface area contributed by atoms with E-state index in [1.54, 1.807) is 0 Å². The van der Waals surface area contributed by atoms with Crippen molar-refractivity contribution in [1.29, 1.82) is 0 Å². The van der Waals surface area contributed by atoms with Gasteiger partial charge in [-0.25, -0.2) is 0 Å². The first-order chi connectivity index (χ1) is 11.5. The van der Waals surface area contributed by atoms with Crippen molar-refractivity contribution in [3.8, 4) is 0 Å². The topological polar surface area (TPSA) is 57.6 Å². The Kier molecular flexibility index (Phi) is 5.28. The minimum atomic E-state index is -0.747. The van der Waals surface area contributed by atoms with Gasteiger partial charge in [-0.1, -0.05) is 34.5 Å². The second kappa shape index (κ2) is 7.26. The summed E-state index contributed by atoms with van der Waals surface area (Å²) >= 11 is 3.46. The molecule has 2 fully saturated rings. The number of amides is 1. The minimum Gasteiger partial charge on any atom is -0.481 e. The van der Waals surface area contributed by atoms with E-state index in [2.05, 4.69) is 28.1 Å². The Morgan fingerprint density at radius 1 is 1.21 bits per heavy atom. The summed E-state index contributed by atoms with van der Waals surface area (Å²) in [6, 6.07) is 8.14. The van der Waals surface area contributed by atoms with Crippen LogP contribution in [0.15, 0.2) is 28.7 Å². The van der Waals surface area contributed by atoms with Crippen molar-refractivity contribution < 1.29 is 14.7 Å². The third-order valence-electron chi connectivity index (χ3n) is 5.59. The number of aliphatic carboxylic acids is 1. The fourth-order valence-electron chi connectivity index (χ4n) is 4.04. The zero-order valence-electron chi connectivity index (χ0n) is 13.8. The standard InChI is InChI=1S/C19H24BrNO3/c20-16-7-5-15(6-8-16)19(10-2-11-19)18(24)21-12-1-3-14(13-21)4-9-17(22)23/h5-8,14H,1-4,9-13H2,(H,22,23). The molecule has 1 amide bonds. The number of carboxylic acids is 1. The van der Waals surface area contributed by atoms with Crippen molar-refractivity contribution in [3.63, 3.8) is 0 Å². The highest BCUT2D eigenvalue weighted by molar-refractivity contribution is 9.10. The Hall–Kier alpha value is -1.36. The van der Waals surface area contributed by atoms with Gasteiger partial charge in [0.1, 0.15) is 0 Å². The molecule has 0 radical (unpaired) electrons. The third kappa shape index (κ3) is 3.51. The third-order valence-corrected chi connectivity index (χ3v) is 6.11. The molecule has 1 saturated carbocycles. The number of nitrogens with zero attached hydrogens (tertiary/aromatic N) is 1. The Labute approximate surface area is 151 Å². The van der Waals surface area contributed by atoms with Crippen molar-refractivity contribution in [2.45, 2.75) is 50.4 Å². The molecule has 24 heavy (non-hydrogen) atoms. The van der Waals surface area contributed by atoms with Gasteiger partial charge in [0.05, 0.1) is 5.41 Å². The number of carbonyl (C=O) groups excluding carboxylic acids is 1. The van der Waals surface area contributed by atoms with Crippen molar-refractivity contribution in [2.75, 3.05) is 13.1 Å². The molecular formula is C19H24BrNO3. The first-order valence-electron chi connectivity index (χ1n) is 8.78. The monoisotopic (exact) mass is 393 g/mol. The van der Waals surface area contributed by atoms with Gasteiger partial charge in [-0.05, 0) is 55.7 Å². The molecule has 130 valence electrons. The lowest BCUT2D eigenvalue weighted by molar-refractivity contribution is -0.143. The van der Waals surface area contributed by atoms with Gasteiger partial charge in [0.2, 0.25) is 5.91 Å². The number of carboxylic acid groups (broad SMARTS) is 1. The molecule has 1 aromatic rings. The van der Waals surface area contributed by atoms with E-state index in [9.17, 15) is 9.59 Å². The van der Waals surface area contributed by atoms with Crippen LogP contribution in [0.1, 0.15) is 50.5 Å². The van der Waals surface area contributed by atoms with Crippen LogP contribution in [-0.2, 0) is 15.0 Å². The van der Waals surface area contributed by atoms with E-state index < -0.39 is 5.97 Å². The molecule has 1 aliphatic carbocycles. The second-order valence-electron chi connectivity index (χ2n) is 7.13. The lowest BCUT2D eigenvalue weighted by Crippen LogP contribution is -2.53. The van der Waals surface area contributed by atoms with E-state index in [1.807, 2.05) is 17.0 Å². The normalized spacial score (nSPS) is 22.7. The highest BCUT2D eigenvalue weighted by Gasteiger charge is 2.48. The van der Waals surface area contributed by atoms with Crippen LogP contribution >= 0.6 is 15.9 Å². The molecule has 0 bridgehead atoms. The Morgan fingerprint density at radius 2 is 1.92 bits per heavy atom. The predicted molar refractivity (Wildman–Crippen MR) is 95.8 cm³/mol. The summed E-state index contributed by atoms with van der Waals surface area (Å²) in [5.74, 6) is -0.180. The molecular weight excluding hydrogens is 370 g/mol. The van der Waals surface area contributed by atoms with Gasteiger partial charge in [0, 0.05) is 24.0 Å². The average Bonchev–Trinajstić information content (AvgIpc) is 2.54. The molecule has 1 aromatic carbocycles. The van der Waals surface area contributed by atoms with Crippen LogP contribution < -0.4 is 0 Å². The summed E-state index contributed by atoms with van der Waals surface area (Å²) in [6.45, 7) is 1.52. The number of likely N-dealkylation sites (tertiary alicyclic amines) is 1. The Bertz CT molecular complexity index is 610. The smallest absolute Gasteiger partial charge is 0.303 e. The number of benzene rings is 1. The van der Waals surface area contributed by atoms with Gasteiger partial charge < -0.3 is 10.0 Å². The number of hydrogen-bond donors (Lipinski definition) is 1. The van der Waals surface area contributed by atoms with Crippen LogP contribution in [0, 0.1) is 5.92 Å². The molecule has 4 nitrogen and oxygen atoms in total. The number of halogens is 1. The van der Waals surface area contributed by atoms with Gasteiger partial charge >= 0.3 is 5.97 Å². The first-order valence-corrected chi connectivity index (χ1v) is 9.58. The van der Waals surface area contributed by atoms with Crippen molar-refractivity contribution >= 4 is 27.8 Å². The molecule has 1 unspecified atom stereocenters. The number of rotatable bonds is 5. The summed E-state index contributed by atoms with van der Waals surface area (Å²) in [6.07, 6.45) is 5.81. The number of piperidine rings is 1. The SMILES string of the molecule is O=C(O)CCC1CCCN(C(=O)C2(c3ccc(Br)cc3)CCC2)C1. The van der Waals surface area contributed by atoms with Crippen LogP contribution in [0.3, 0.4) is 0 Å². The summed E-state index contributed by atoms with van der Waals surface area (Å²) in [4.78, 5) is 26.1. The zero-order valence-corrected chi connectivity index (χ0v) is 15.4. The summed E-state index contributed by atoms with van der Waals surface area (Å²) in [5.41, 5.74) is 0.768. The Morgan fingerprint density at radius 3 is 2.50 bits per heavy atom. The number of hydrogen-bond acceptors (Lipinski definition) is 2. The lowest BCUT2D eigenvalue weighted by atomic mass is 9.63. The van der Waals surface area contributed by atoms with Crippen molar-refractivity contribution in [3.05, 3.63) is 34.3 Å². The zero-order chi connectivity index (χ0) is 17.2. The van der Waals surface area contributed by atoms with Crippen LogP contribution in [-0.4, -0.2) is 35.0 Å². The molecule has 0 aromatic heterocycles. The van der Waals surface area contributed by atoms with Gasteiger partial charge in [-0.2, -0.15) is 0 Å². The van der Waals surface area contributed by atoms with Gasteiger partial charge in [0.25, 0.3) is 0 Å². The molecule has 1 saturated heterocycles. The van der Waals surface area contributed by atoms with E-state index in [-0.39, 0.29) is 17.7 Å². The maximum absolute atomic E-state index is 13.3. The second-order valence-corrected chi connectivity index (χ2v) is 8.05. The van der Waals surface area contributed by atoms with Crippen LogP contribution in [0.25, 0.3) is 0 Å². The maximum Gasteiger partial charge on any atom is 0.303 e. The maximum atomic E-state index is 13.3. The summed E-state index contributed by atoms with van der Waals surface area (Å²) in [7, 11) is 0. The van der Waals surface area contributed by atoms with Gasteiger partial charge in [0.15, 0.2) is 0 Å². The molecule has 1 aliphatic heterocycles. The van der Waals surface area contributed by atoms with E-state index >= 15 is 0 Å². The summed E-state index contributed by atoms with van der Waals surface area (Å²) < 4.78 is 1.03. The largest absolute Gasteiger partial charge is 0.481 e. The van der Waals surface area contributed by atoms with Crippen LogP contribution in [0.2, 0.25) is 0 Å². The molecule has 0 spiro atoms. The first kappa shape index (κ1) is 17.5. The molecule has 1 heterocycles. The van der Waals surface area contributed by atoms with Crippen LogP contribution in [0.5, 0.6) is 0 Å². The van der Waals surface area contributed by atoms with Crippen LogP contribution in [0.4, 0.5) is 0 Å². The van der Waals surface area contributed by atoms with E-state index in [0.29, 0.717) is 18.9 Å². The van der Waals surface area contributed by atoms with Gasteiger partial charge in [-0.15, -0.1) is 0 Å². The molecule has 2 aliphatic rings. The quantitative estimate of drug-likeness (QED) is 0.822. The highest BCUT2D eigenvalue weighted by atomic mass is 79.9. The molecule has 1 N–H and O–H groups in total. The van der Waals surface area contributed by atoms with E-state index in [0.717, 1.165) is 48.7 Å². The average molecular weight is 394 g/mol. The predicted octanol–water partition coefficient (Wildman–Crippen LogP) is 3.97. The highest BCUT2D eigenvalue weighted by Crippen LogP contribution is 2.46. The fraction of sp³-hybridized carbons (Fsp3) is 0.579. The molecule has 3 rings (SSSR count). The summed E-state index contributed by atoms with van der Waals surface area (Å²) in [5, 5.41) is 8.88.